The van der Waals surface area contributed by atoms with Crippen molar-refractivity contribution < 1.29 is 14.6 Å². The van der Waals surface area contributed by atoms with E-state index < -0.39 is 6.04 Å². The molecule has 1 aliphatic carbocycles. The summed E-state index contributed by atoms with van der Waals surface area (Å²) >= 11 is 6.46. The number of benzene rings is 3. The Morgan fingerprint density at radius 3 is 2.50 bits per heavy atom. The van der Waals surface area contributed by atoms with Crippen LogP contribution in [-0.2, 0) is 4.79 Å². The molecule has 5 nitrogen and oxygen atoms in total. The lowest BCUT2D eigenvalue weighted by molar-refractivity contribution is -0.116. The van der Waals surface area contributed by atoms with Crippen molar-refractivity contribution in [3.8, 4) is 11.5 Å². The van der Waals surface area contributed by atoms with E-state index in [0.717, 1.165) is 28.2 Å². The molecule has 3 N–H and O–H groups in total. The normalized spacial score (nSPS) is 19.9. The van der Waals surface area contributed by atoms with E-state index in [9.17, 15) is 9.90 Å². The summed E-state index contributed by atoms with van der Waals surface area (Å²) in [5.41, 5.74) is 5.15. The average Bonchev–Trinajstić information content (AvgIpc) is 2.96. The minimum absolute atomic E-state index is 0.00219. The zero-order valence-corrected chi connectivity index (χ0v) is 18.3. The summed E-state index contributed by atoms with van der Waals surface area (Å²) in [4.78, 5) is 13.6. The number of hydrogen-bond donors (Lipinski definition) is 3. The van der Waals surface area contributed by atoms with Crippen LogP contribution in [0.4, 0.5) is 11.4 Å². The Balaban J connectivity index is 1.62. The number of halogens is 1. The lowest BCUT2D eigenvalue weighted by atomic mass is 9.78. The average molecular weight is 447 g/mol. The van der Waals surface area contributed by atoms with Crippen LogP contribution in [-0.4, -0.2) is 18.0 Å². The fourth-order valence-corrected chi connectivity index (χ4v) is 4.95. The number of methoxy groups -OCH3 is 1. The number of carbonyl (C=O) groups excluding carboxylic acids is 1. The summed E-state index contributed by atoms with van der Waals surface area (Å²) in [6.07, 6.45) is 1.04. The highest BCUT2D eigenvalue weighted by Gasteiger charge is 2.36. The van der Waals surface area contributed by atoms with Crippen molar-refractivity contribution in [1.82, 2.24) is 0 Å². The molecule has 3 aromatic rings. The van der Waals surface area contributed by atoms with Crippen molar-refractivity contribution in [3.63, 3.8) is 0 Å². The summed E-state index contributed by atoms with van der Waals surface area (Å²) < 4.78 is 5.20. The Bertz CT molecular complexity index is 1240. The molecule has 0 radical (unpaired) electrons. The first-order valence-corrected chi connectivity index (χ1v) is 10.9. The molecule has 0 aromatic heterocycles. The molecule has 0 bridgehead atoms. The second kappa shape index (κ2) is 8.24. The van der Waals surface area contributed by atoms with Gasteiger partial charge in [0.05, 0.1) is 24.5 Å². The molecule has 0 amide bonds. The van der Waals surface area contributed by atoms with E-state index in [1.807, 2.05) is 54.6 Å². The van der Waals surface area contributed by atoms with Crippen molar-refractivity contribution in [2.45, 2.75) is 24.8 Å². The van der Waals surface area contributed by atoms with Gasteiger partial charge in [-0.05, 0) is 53.8 Å². The zero-order valence-electron chi connectivity index (χ0n) is 17.6. The van der Waals surface area contributed by atoms with E-state index in [2.05, 4.69) is 10.6 Å². The number of phenolic OH excluding ortho intramolecular Hbond substituents is 1. The Labute approximate surface area is 191 Å². The molecule has 0 spiro atoms. The van der Waals surface area contributed by atoms with Crippen LogP contribution in [0.3, 0.4) is 0 Å². The number of allylic oxidation sites excluding steroid dienone is 1. The number of Topliss-reactive ketones (excluding diaryl/α,β-unsaturated/α-hetero) is 1. The minimum atomic E-state index is -0.405. The van der Waals surface area contributed by atoms with Crippen molar-refractivity contribution in [1.29, 1.82) is 0 Å². The zero-order chi connectivity index (χ0) is 22.2. The van der Waals surface area contributed by atoms with E-state index in [4.69, 9.17) is 16.3 Å². The number of anilines is 2. The number of hydrogen-bond acceptors (Lipinski definition) is 5. The second-order valence-electron chi connectivity index (χ2n) is 8.12. The van der Waals surface area contributed by atoms with E-state index in [-0.39, 0.29) is 17.5 Å². The highest BCUT2D eigenvalue weighted by molar-refractivity contribution is 6.31. The number of nitrogens with one attached hydrogen (secondary N) is 2. The minimum Gasteiger partial charge on any atom is -0.504 e. The predicted molar refractivity (Wildman–Crippen MR) is 127 cm³/mol. The molecule has 6 heteroatoms. The van der Waals surface area contributed by atoms with Crippen LogP contribution in [0.5, 0.6) is 11.5 Å². The maximum absolute atomic E-state index is 13.6. The smallest absolute Gasteiger partial charge is 0.163 e. The summed E-state index contributed by atoms with van der Waals surface area (Å²) in [6, 6.07) is 20.4. The lowest BCUT2D eigenvalue weighted by Gasteiger charge is -2.30. The van der Waals surface area contributed by atoms with Crippen LogP contribution >= 0.6 is 11.6 Å². The number of carbonyl (C=O) groups is 1. The van der Waals surface area contributed by atoms with E-state index >= 15 is 0 Å². The molecule has 1 heterocycles. The topological polar surface area (TPSA) is 70.6 Å². The first-order valence-electron chi connectivity index (χ1n) is 10.6. The second-order valence-corrected chi connectivity index (χ2v) is 8.53. The SMILES string of the molecule is COc1ccc([C@@H]2Nc3ccccc3NC3=C2C(=O)C[C@H](c2ccccc2Cl)C3)cc1O. The monoisotopic (exact) mass is 446 g/mol. The van der Waals surface area contributed by atoms with Crippen LogP contribution in [0, 0.1) is 0 Å². The van der Waals surface area contributed by atoms with Crippen molar-refractivity contribution in [2.24, 2.45) is 0 Å². The lowest BCUT2D eigenvalue weighted by Crippen LogP contribution is -2.27. The molecule has 2 aliphatic rings. The molecule has 0 saturated heterocycles. The highest BCUT2D eigenvalue weighted by atomic mass is 35.5. The third kappa shape index (κ3) is 3.59. The molecular weight excluding hydrogens is 424 g/mol. The first kappa shape index (κ1) is 20.5. The summed E-state index contributed by atoms with van der Waals surface area (Å²) in [6.45, 7) is 0. The van der Waals surface area contributed by atoms with E-state index in [1.165, 1.54) is 7.11 Å². The Kier molecular flexibility index (Phi) is 5.27. The summed E-state index contributed by atoms with van der Waals surface area (Å²) in [5, 5.41) is 18.1. The molecule has 0 saturated carbocycles. The standard InChI is InChI=1S/C26H23ClN2O3/c1-32-24-11-10-15(13-22(24)30)26-25-21(28-19-8-4-5-9-20(19)29-26)12-16(14-23(25)31)17-6-2-3-7-18(17)27/h2-11,13,16,26,28-30H,12,14H2,1H3/t16-,26+/m1/s1. The number of aromatic hydroxyl groups is 1. The predicted octanol–water partition coefficient (Wildman–Crippen LogP) is 6.03. The van der Waals surface area contributed by atoms with Crippen molar-refractivity contribution in [2.75, 3.05) is 17.7 Å². The molecule has 5 rings (SSSR count). The third-order valence-corrected chi connectivity index (χ3v) is 6.53. The number of phenols is 1. The maximum Gasteiger partial charge on any atom is 0.163 e. The molecule has 32 heavy (non-hydrogen) atoms. The Morgan fingerprint density at radius 1 is 1.00 bits per heavy atom. The number of rotatable bonds is 3. The van der Waals surface area contributed by atoms with Gasteiger partial charge in [-0.1, -0.05) is 48.0 Å². The molecule has 2 atom stereocenters. The van der Waals surface area contributed by atoms with Gasteiger partial charge in [-0.2, -0.15) is 0 Å². The van der Waals surface area contributed by atoms with Gasteiger partial charge in [0.1, 0.15) is 0 Å². The first-order chi connectivity index (χ1) is 15.5. The van der Waals surface area contributed by atoms with Gasteiger partial charge in [0, 0.05) is 22.7 Å². The number of ketones is 1. The van der Waals surface area contributed by atoms with Gasteiger partial charge >= 0.3 is 0 Å². The van der Waals surface area contributed by atoms with Gasteiger partial charge < -0.3 is 20.5 Å². The van der Waals surface area contributed by atoms with Crippen LogP contribution in [0.25, 0.3) is 0 Å². The van der Waals surface area contributed by atoms with Gasteiger partial charge in [0.2, 0.25) is 0 Å². The van der Waals surface area contributed by atoms with Crippen molar-refractivity contribution in [3.05, 3.63) is 94.1 Å². The Morgan fingerprint density at radius 2 is 1.75 bits per heavy atom. The molecule has 0 unspecified atom stereocenters. The summed E-state index contributed by atoms with van der Waals surface area (Å²) in [5.74, 6) is 0.488. The highest BCUT2D eigenvalue weighted by Crippen LogP contribution is 2.46. The summed E-state index contributed by atoms with van der Waals surface area (Å²) in [7, 11) is 1.51. The van der Waals surface area contributed by atoms with Gasteiger partial charge in [0.15, 0.2) is 17.3 Å². The van der Waals surface area contributed by atoms with Crippen LogP contribution in [0.2, 0.25) is 5.02 Å². The quantitative estimate of drug-likeness (QED) is 0.458. The fourth-order valence-electron chi connectivity index (χ4n) is 4.66. The van der Waals surface area contributed by atoms with Crippen molar-refractivity contribution >= 4 is 28.8 Å². The number of fused-ring (bicyclic) bond motifs is 1. The van der Waals surface area contributed by atoms with Crippen LogP contribution < -0.4 is 15.4 Å². The molecule has 3 aromatic carbocycles. The van der Waals surface area contributed by atoms with Crippen LogP contribution in [0.1, 0.15) is 35.9 Å². The largest absolute Gasteiger partial charge is 0.504 e. The third-order valence-electron chi connectivity index (χ3n) is 6.19. The maximum atomic E-state index is 13.6. The van der Waals surface area contributed by atoms with Gasteiger partial charge in [-0.25, -0.2) is 0 Å². The number of para-hydroxylation sites is 2. The van der Waals surface area contributed by atoms with E-state index in [1.54, 1.807) is 12.1 Å². The van der Waals surface area contributed by atoms with E-state index in [0.29, 0.717) is 29.2 Å². The molecule has 1 aliphatic heterocycles. The molecule has 162 valence electrons. The fraction of sp³-hybridized carbons (Fsp3) is 0.192. The van der Waals surface area contributed by atoms with Gasteiger partial charge in [-0.3, -0.25) is 4.79 Å². The van der Waals surface area contributed by atoms with Gasteiger partial charge in [-0.15, -0.1) is 0 Å². The van der Waals surface area contributed by atoms with Crippen LogP contribution in [0.15, 0.2) is 78.0 Å². The Hall–Kier alpha value is -3.44. The number of ether oxygens (including phenoxy) is 1. The molecule has 0 fully saturated rings. The van der Waals surface area contributed by atoms with Gasteiger partial charge in [0.25, 0.3) is 0 Å². The molecular formula is C26H23ClN2O3.